The van der Waals surface area contributed by atoms with E-state index in [1.165, 1.54) is 31.4 Å². The van der Waals surface area contributed by atoms with Gasteiger partial charge in [-0.1, -0.05) is 13.8 Å². The zero-order valence-electron chi connectivity index (χ0n) is 14.4. The van der Waals surface area contributed by atoms with E-state index in [0.717, 1.165) is 12.8 Å². The average Bonchev–Trinajstić information content (AvgIpc) is 2.58. The van der Waals surface area contributed by atoms with Crippen molar-refractivity contribution in [3.8, 4) is 0 Å². The van der Waals surface area contributed by atoms with Crippen molar-refractivity contribution >= 4 is 28.2 Å². The van der Waals surface area contributed by atoms with Gasteiger partial charge < -0.3 is 15.8 Å². The van der Waals surface area contributed by atoms with Gasteiger partial charge >= 0.3 is 0 Å². The van der Waals surface area contributed by atoms with Gasteiger partial charge in [0, 0.05) is 19.2 Å². The molecule has 0 aliphatic rings. The Labute approximate surface area is 150 Å². The summed E-state index contributed by atoms with van der Waals surface area (Å²) in [6.07, 6.45) is 1.46. The molecule has 0 atom stereocenters. The van der Waals surface area contributed by atoms with Gasteiger partial charge in [0.15, 0.2) is 9.84 Å². The normalized spacial score (nSPS) is 11.7. The van der Waals surface area contributed by atoms with Gasteiger partial charge in [-0.15, -0.1) is 12.4 Å². The molecule has 1 rings (SSSR count). The molecule has 0 radical (unpaired) electrons. The van der Waals surface area contributed by atoms with Gasteiger partial charge in [-0.2, -0.15) is 0 Å². The highest BCUT2D eigenvalue weighted by Gasteiger charge is 2.26. The number of amides is 1. The second kappa shape index (κ2) is 9.98. The lowest BCUT2D eigenvalue weighted by Crippen LogP contribution is -2.52. The molecule has 0 aliphatic heterocycles. The molecule has 0 heterocycles. The van der Waals surface area contributed by atoms with Crippen LogP contribution in [0.15, 0.2) is 29.2 Å². The number of methoxy groups -OCH3 is 1. The Hall–Kier alpha value is -1.15. The number of carbonyl (C=O) groups excluding carboxylic acids is 1. The lowest BCUT2D eigenvalue weighted by molar-refractivity contribution is 0.0895. The van der Waals surface area contributed by atoms with Crippen LogP contribution in [0.2, 0.25) is 0 Å². The number of hydrogen-bond donors (Lipinski definition) is 2. The van der Waals surface area contributed by atoms with Crippen LogP contribution in [0.4, 0.5) is 0 Å². The van der Waals surface area contributed by atoms with Crippen LogP contribution in [0.3, 0.4) is 0 Å². The minimum absolute atomic E-state index is 0. The highest BCUT2D eigenvalue weighted by Crippen LogP contribution is 2.16. The number of halogens is 1. The molecule has 0 spiro atoms. The predicted octanol–water partition coefficient (Wildman–Crippen LogP) is 1.78. The van der Waals surface area contributed by atoms with Crippen molar-refractivity contribution < 1.29 is 17.9 Å². The number of ether oxygens (including phenoxy) is 1. The van der Waals surface area contributed by atoms with E-state index >= 15 is 0 Å². The summed E-state index contributed by atoms with van der Waals surface area (Å²) in [5.41, 5.74) is 5.76. The molecular formula is C16H27ClN2O4S. The third kappa shape index (κ3) is 5.73. The Morgan fingerprint density at radius 1 is 1.21 bits per heavy atom. The quantitative estimate of drug-likeness (QED) is 0.682. The molecule has 1 amide bonds. The Balaban J connectivity index is 0.00000529. The molecule has 0 saturated carbocycles. The van der Waals surface area contributed by atoms with Gasteiger partial charge in [-0.05, 0) is 37.1 Å². The zero-order chi connectivity index (χ0) is 17.5. The van der Waals surface area contributed by atoms with E-state index < -0.39 is 15.4 Å². The smallest absolute Gasteiger partial charge is 0.251 e. The fraction of sp³-hybridized carbons (Fsp3) is 0.562. The van der Waals surface area contributed by atoms with Crippen molar-refractivity contribution in [1.29, 1.82) is 0 Å². The molecule has 0 saturated heterocycles. The van der Waals surface area contributed by atoms with E-state index in [2.05, 4.69) is 5.32 Å². The third-order valence-electron chi connectivity index (χ3n) is 4.15. The number of rotatable bonds is 9. The molecular weight excluding hydrogens is 352 g/mol. The van der Waals surface area contributed by atoms with Crippen molar-refractivity contribution in [3.05, 3.63) is 29.8 Å². The summed E-state index contributed by atoms with van der Waals surface area (Å²) in [5, 5.41) is 2.95. The summed E-state index contributed by atoms with van der Waals surface area (Å²) in [7, 11) is -1.94. The predicted molar refractivity (Wildman–Crippen MR) is 97.5 cm³/mol. The summed E-state index contributed by atoms with van der Waals surface area (Å²) in [5.74, 6) is -0.336. The number of carbonyl (C=O) groups is 1. The first-order valence-electron chi connectivity index (χ1n) is 7.68. The van der Waals surface area contributed by atoms with Gasteiger partial charge in [0.2, 0.25) is 0 Å². The molecule has 1 aromatic carbocycles. The van der Waals surface area contributed by atoms with Crippen LogP contribution in [0.1, 0.15) is 37.0 Å². The van der Waals surface area contributed by atoms with Gasteiger partial charge in [0.1, 0.15) is 0 Å². The SMILES string of the molecule is CCC(CC)(CN)NC(=O)c1ccc(S(=O)(=O)CCOC)cc1.Cl. The second-order valence-electron chi connectivity index (χ2n) is 5.48. The Kier molecular flexibility index (Phi) is 9.50. The largest absolute Gasteiger partial charge is 0.384 e. The summed E-state index contributed by atoms with van der Waals surface area (Å²) >= 11 is 0. The van der Waals surface area contributed by atoms with E-state index in [0.29, 0.717) is 12.1 Å². The minimum atomic E-state index is -3.39. The monoisotopic (exact) mass is 378 g/mol. The van der Waals surface area contributed by atoms with E-state index in [-0.39, 0.29) is 35.6 Å². The van der Waals surface area contributed by atoms with Crippen LogP contribution >= 0.6 is 12.4 Å². The van der Waals surface area contributed by atoms with Crippen molar-refractivity contribution in [2.24, 2.45) is 5.73 Å². The number of benzene rings is 1. The molecule has 0 aliphatic carbocycles. The van der Waals surface area contributed by atoms with Crippen LogP contribution in [0.25, 0.3) is 0 Å². The molecule has 8 heteroatoms. The highest BCUT2D eigenvalue weighted by molar-refractivity contribution is 7.91. The number of hydrogen-bond acceptors (Lipinski definition) is 5. The van der Waals surface area contributed by atoms with Gasteiger partial charge in [0.05, 0.1) is 22.8 Å². The molecule has 0 fully saturated rings. The summed E-state index contributed by atoms with van der Waals surface area (Å²) in [6.45, 7) is 4.44. The zero-order valence-corrected chi connectivity index (χ0v) is 16.0. The maximum absolute atomic E-state index is 12.3. The maximum atomic E-state index is 12.3. The molecule has 0 bridgehead atoms. The Morgan fingerprint density at radius 3 is 2.17 bits per heavy atom. The van der Waals surface area contributed by atoms with E-state index in [4.69, 9.17) is 10.5 Å². The fourth-order valence-corrected chi connectivity index (χ4v) is 3.38. The third-order valence-corrected chi connectivity index (χ3v) is 5.85. The molecule has 1 aromatic rings. The standard InChI is InChI=1S/C16H26N2O4S.ClH/c1-4-16(5-2,12-17)18-15(19)13-6-8-14(9-7-13)23(20,21)11-10-22-3;/h6-9H,4-5,10-12,17H2,1-3H3,(H,18,19);1H. The van der Waals surface area contributed by atoms with Gasteiger partial charge in [0.25, 0.3) is 5.91 Å². The molecule has 24 heavy (non-hydrogen) atoms. The van der Waals surface area contributed by atoms with Crippen LogP contribution < -0.4 is 11.1 Å². The van der Waals surface area contributed by atoms with Crippen molar-refractivity contribution in [2.75, 3.05) is 26.0 Å². The first-order chi connectivity index (χ1) is 10.8. The van der Waals surface area contributed by atoms with Gasteiger partial charge in [-0.3, -0.25) is 4.79 Å². The molecule has 0 unspecified atom stereocenters. The first-order valence-corrected chi connectivity index (χ1v) is 9.33. The van der Waals surface area contributed by atoms with Crippen LogP contribution in [-0.2, 0) is 14.6 Å². The molecule has 0 aromatic heterocycles. The molecule has 138 valence electrons. The lowest BCUT2D eigenvalue weighted by atomic mass is 9.92. The average molecular weight is 379 g/mol. The minimum Gasteiger partial charge on any atom is -0.384 e. The van der Waals surface area contributed by atoms with Crippen molar-refractivity contribution in [3.63, 3.8) is 0 Å². The van der Waals surface area contributed by atoms with Crippen LogP contribution in [-0.4, -0.2) is 45.9 Å². The van der Waals surface area contributed by atoms with Crippen molar-refractivity contribution in [2.45, 2.75) is 37.1 Å². The molecule has 3 N–H and O–H groups in total. The fourth-order valence-electron chi connectivity index (χ4n) is 2.20. The second-order valence-corrected chi connectivity index (χ2v) is 7.59. The van der Waals surface area contributed by atoms with Crippen molar-refractivity contribution in [1.82, 2.24) is 5.32 Å². The van der Waals surface area contributed by atoms with Crippen LogP contribution in [0, 0.1) is 0 Å². The van der Waals surface area contributed by atoms with E-state index in [1.807, 2.05) is 13.8 Å². The number of nitrogens with two attached hydrogens (primary N) is 1. The lowest BCUT2D eigenvalue weighted by Gasteiger charge is -2.31. The summed E-state index contributed by atoms with van der Waals surface area (Å²) in [6, 6.07) is 5.92. The summed E-state index contributed by atoms with van der Waals surface area (Å²) in [4.78, 5) is 12.5. The van der Waals surface area contributed by atoms with E-state index in [1.54, 1.807) is 0 Å². The number of sulfone groups is 1. The van der Waals surface area contributed by atoms with Gasteiger partial charge in [-0.25, -0.2) is 8.42 Å². The summed E-state index contributed by atoms with van der Waals surface area (Å²) < 4.78 is 28.9. The van der Waals surface area contributed by atoms with E-state index in [9.17, 15) is 13.2 Å². The first kappa shape index (κ1) is 22.9. The number of nitrogens with one attached hydrogen (secondary N) is 1. The van der Waals surface area contributed by atoms with Crippen LogP contribution in [0.5, 0.6) is 0 Å². The Bertz CT molecular complexity index is 605. The molecule has 6 nitrogen and oxygen atoms in total. The maximum Gasteiger partial charge on any atom is 0.251 e. The highest BCUT2D eigenvalue weighted by atomic mass is 35.5. The Morgan fingerprint density at radius 2 is 1.75 bits per heavy atom. The topological polar surface area (TPSA) is 98.5 Å².